The van der Waals surface area contributed by atoms with Crippen molar-refractivity contribution in [2.45, 2.75) is 32.8 Å². The molecule has 114 valence electrons. The summed E-state index contributed by atoms with van der Waals surface area (Å²) in [5.74, 6) is 1.56. The number of anilines is 2. The molecule has 2 N–H and O–H groups in total. The summed E-state index contributed by atoms with van der Waals surface area (Å²) in [6.45, 7) is 7.55. The number of hydrogen-bond acceptors (Lipinski definition) is 6. The highest BCUT2D eigenvalue weighted by Gasteiger charge is 2.23. The standard InChI is InChI=1S/C14H22N6O/c1-3-5-15-14-18-12-11(16-9-17-12)13(19-14)20-6-7-21-10(4-2)8-20/h9-10H,3-8H2,1-2H3,(H2,15,16,17,18,19). The number of aromatic nitrogens is 4. The molecule has 7 nitrogen and oxygen atoms in total. The molecule has 1 unspecified atom stereocenters. The Labute approximate surface area is 124 Å². The third-order valence-corrected chi connectivity index (χ3v) is 3.69. The van der Waals surface area contributed by atoms with E-state index in [1.165, 1.54) is 0 Å². The number of ether oxygens (including phenoxy) is 1. The van der Waals surface area contributed by atoms with Crippen molar-refractivity contribution in [1.29, 1.82) is 0 Å². The van der Waals surface area contributed by atoms with Crippen LogP contribution in [0, 0.1) is 0 Å². The molecule has 0 saturated carbocycles. The summed E-state index contributed by atoms with van der Waals surface area (Å²) >= 11 is 0. The topological polar surface area (TPSA) is 79.0 Å². The van der Waals surface area contributed by atoms with Crippen molar-refractivity contribution in [3.63, 3.8) is 0 Å². The van der Waals surface area contributed by atoms with Gasteiger partial charge in [-0.2, -0.15) is 9.97 Å². The van der Waals surface area contributed by atoms with E-state index >= 15 is 0 Å². The van der Waals surface area contributed by atoms with E-state index in [1.54, 1.807) is 6.33 Å². The largest absolute Gasteiger partial charge is 0.375 e. The van der Waals surface area contributed by atoms with Gasteiger partial charge in [0.1, 0.15) is 5.52 Å². The van der Waals surface area contributed by atoms with Crippen LogP contribution in [-0.4, -0.2) is 52.3 Å². The summed E-state index contributed by atoms with van der Waals surface area (Å²) in [6, 6.07) is 0. The first kappa shape index (κ1) is 14.1. The molecule has 2 aromatic heterocycles. The molecule has 1 aliphatic heterocycles. The summed E-state index contributed by atoms with van der Waals surface area (Å²) < 4.78 is 5.74. The van der Waals surface area contributed by atoms with Crippen LogP contribution in [-0.2, 0) is 4.74 Å². The van der Waals surface area contributed by atoms with Crippen molar-refractivity contribution < 1.29 is 4.74 Å². The Morgan fingerprint density at radius 2 is 2.33 bits per heavy atom. The van der Waals surface area contributed by atoms with Crippen LogP contribution in [0.1, 0.15) is 26.7 Å². The monoisotopic (exact) mass is 290 g/mol. The third-order valence-electron chi connectivity index (χ3n) is 3.69. The molecule has 1 atom stereocenters. The lowest BCUT2D eigenvalue weighted by Crippen LogP contribution is -2.42. The van der Waals surface area contributed by atoms with Crippen LogP contribution in [0.3, 0.4) is 0 Å². The Kier molecular flexibility index (Phi) is 4.19. The van der Waals surface area contributed by atoms with Gasteiger partial charge in [-0.05, 0) is 12.8 Å². The Morgan fingerprint density at radius 3 is 3.14 bits per heavy atom. The van der Waals surface area contributed by atoms with Crippen LogP contribution in [0.2, 0.25) is 0 Å². The molecule has 2 aromatic rings. The van der Waals surface area contributed by atoms with Crippen LogP contribution < -0.4 is 10.2 Å². The van der Waals surface area contributed by atoms with Gasteiger partial charge in [-0.15, -0.1) is 0 Å². The van der Waals surface area contributed by atoms with Crippen molar-refractivity contribution in [2.75, 3.05) is 36.5 Å². The summed E-state index contributed by atoms with van der Waals surface area (Å²) in [7, 11) is 0. The van der Waals surface area contributed by atoms with E-state index in [0.717, 1.165) is 50.4 Å². The molecule has 1 aliphatic rings. The number of imidazole rings is 1. The second kappa shape index (κ2) is 6.26. The van der Waals surface area contributed by atoms with Crippen molar-refractivity contribution in [1.82, 2.24) is 19.9 Å². The third kappa shape index (κ3) is 2.92. The fourth-order valence-electron chi connectivity index (χ4n) is 2.52. The van der Waals surface area contributed by atoms with E-state index in [1.807, 2.05) is 0 Å². The number of nitrogens with zero attached hydrogens (tertiary/aromatic N) is 4. The summed E-state index contributed by atoms with van der Waals surface area (Å²) in [4.78, 5) is 18.8. The molecule has 1 saturated heterocycles. The maximum Gasteiger partial charge on any atom is 0.226 e. The zero-order chi connectivity index (χ0) is 14.7. The van der Waals surface area contributed by atoms with Crippen LogP contribution in [0.25, 0.3) is 11.2 Å². The second-order valence-electron chi connectivity index (χ2n) is 5.25. The Balaban J connectivity index is 1.93. The maximum atomic E-state index is 5.74. The normalized spacial score (nSPS) is 19.1. The first-order valence-corrected chi connectivity index (χ1v) is 7.63. The number of rotatable bonds is 5. The number of morpholine rings is 1. The van der Waals surface area contributed by atoms with Crippen LogP contribution >= 0.6 is 0 Å². The second-order valence-corrected chi connectivity index (χ2v) is 5.25. The lowest BCUT2D eigenvalue weighted by Gasteiger charge is -2.33. The van der Waals surface area contributed by atoms with Gasteiger partial charge in [0.15, 0.2) is 11.5 Å². The van der Waals surface area contributed by atoms with Crippen LogP contribution in [0.4, 0.5) is 11.8 Å². The number of aromatic amines is 1. The number of H-pyrrole nitrogens is 1. The molecule has 0 aliphatic carbocycles. The van der Waals surface area contributed by atoms with E-state index < -0.39 is 0 Å². The smallest absolute Gasteiger partial charge is 0.226 e. The van der Waals surface area contributed by atoms with Crippen molar-refractivity contribution >= 4 is 22.9 Å². The zero-order valence-corrected chi connectivity index (χ0v) is 12.6. The molecular formula is C14H22N6O. The van der Waals surface area contributed by atoms with Crippen LogP contribution in [0.5, 0.6) is 0 Å². The van der Waals surface area contributed by atoms with Gasteiger partial charge in [-0.3, -0.25) is 0 Å². The molecule has 0 radical (unpaired) electrons. The SMILES string of the molecule is CCCNc1nc(N2CCOC(CC)C2)c2[nH]cnc2n1. The maximum absolute atomic E-state index is 5.74. The van der Waals surface area contributed by atoms with Gasteiger partial charge in [0.25, 0.3) is 0 Å². The van der Waals surface area contributed by atoms with E-state index in [2.05, 4.69) is 44.0 Å². The van der Waals surface area contributed by atoms with Crippen molar-refractivity contribution in [3.8, 4) is 0 Å². The minimum atomic E-state index is 0.263. The predicted molar refractivity (Wildman–Crippen MR) is 82.7 cm³/mol. The van der Waals surface area contributed by atoms with E-state index in [9.17, 15) is 0 Å². The molecule has 7 heteroatoms. The van der Waals surface area contributed by atoms with Crippen molar-refractivity contribution in [3.05, 3.63) is 6.33 Å². The van der Waals surface area contributed by atoms with Gasteiger partial charge in [0.2, 0.25) is 5.95 Å². The highest BCUT2D eigenvalue weighted by atomic mass is 16.5. The predicted octanol–water partition coefficient (Wildman–Crippen LogP) is 1.79. The highest BCUT2D eigenvalue weighted by Crippen LogP contribution is 2.25. The lowest BCUT2D eigenvalue weighted by atomic mass is 10.2. The van der Waals surface area contributed by atoms with Gasteiger partial charge >= 0.3 is 0 Å². The molecule has 3 rings (SSSR count). The quantitative estimate of drug-likeness (QED) is 0.874. The lowest BCUT2D eigenvalue weighted by molar-refractivity contribution is 0.0382. The Morgan fingerprint density at radius 1 is 1.43 bits per heavy atom. The molecular weight excluding hydrogens is 268 g/mol. The van der Waals surface area contributed by atoms with Gasteiger partial charge in [0, 0.05) is 19.6 Å². The van der Waals surface area contributed by atoms with Crippen molar-refractivity contribution in [2.24, 2.45) is 0 Å². The minimum Gasteiger partial charge on any atom is -0.375 e. The molecule has 0 amide bonds. The van der Waals surface area contributed by atoms with Gasteiger partial charge in [0.05, 0.1) is 19.0 Å². The number of nitrogens with one attached hydrogen (secondary N) is 2. The Hall–Kier alpha value is -1.89. The minimum absolute atomic E-state index is 0.263. The average Bonchev–Trinajstić information content (AvgIpc) is 3.00. The average molecular weight is 290 g/mol. The molecule has 3 heterocycles. The molecule has 0 bridgehead atoms. The van der Waals surface area contributed by atoms with Gasteiger partial charge in [-0.1, -0.05) is 13.8 Å². The first-order valence-electron chi connectivity index (χ1n) is 7.63. The number of hydrogen-bond donors (Lipinski definition) is 2. The van der Waals surface area contributed by atoms with E-state index in [-0.39, 0.29) is 6.10 Å². The highest BCUT2D eigenvalue weighted by molar-refractivity contribution is 5.84. The summed E-state index contributed by atoms with van der Waals surface area (Å²) in [5, 5.41) is 3.25. The zero-order valence-electron chi connectivity index (χ0n) is 12.6. The molecule has 21 heavy (non-hydrogen) atoms. The molecule has 0 spiro atoms. The molecule has 0 aromatic carbocycles. The van der Waals surface area contributed by atoms with Gasteiger partial charge < -0.3 is 19.9 Å². The Bertz CT molecular complexity index is 598. The molecule has 1 fully saturated rings. The fourth-order valence-corrected chi connectivity index (χ4v) is 2.52. The first-order chi connectivity index (χ1) is 10.3. The number of fused-ring (bicyclic) bond motifs is 1. The van der Waals surface area contributed by atoms with Gasteiger partial charge in [-0.25, -0.2) is 4.98 Å². The van der Waals surface area contributed by atoms with Crippen LogP contribution in [0.15, 0.2) is 6.33 Å². The van der Waals surface area contributed by atoms with E-state index in [4.69, 9.17) is 4.74 Å². The summed E-state index contributed by atoms with van der Waals surface area (Å²) in [6.07, 6.45) is 3.98. The fraction of sp³-hybridized carbons (Fsp3) is 0.643. The van der Waals surface area contributed by atoms with E-state index in [0.29, 0.717) is 11.6 Å². The summed E-state index contributed by atoms with van der Waals surface area (Å²) in [5.41, 5.74) is 1.60.